The summed E-state index contributed by atoms with van der Waals surface area (Å²) in [4.78, 5) is 14.7. The van der Waals surface area contributed by atoms with E-state index in [0.29, 0.717) is 5.69 Å². The fourth-order valence-corrected chi connectivity index (χ4v) is 3.63. The zero-order valence-electron chi connectivity index (χ0n) is 10.9. The highest BCUT2D eigenvalue weighted by Crippen LogP contribution is 2.25. The molecule has 20 heavy (non-hydrogen) atoms. The van der Waals surface area contributed by atoms with Crippen LogP contribution < -0.4 is 10.0 Å². The van der Waals surface area contributed by atoms with Gasteiger partial charge in [0.05, 0.1) is 6.20 Å². The Labute approximate surface area is 120 Å². The number of anilines is 2. The van der Waals surface area contributed by atoms with Gasteiger partial charge in [-0.3, -0.25) is 9.52 Å². The summed E-state index contributed by atoms with van der Waals surface area (Å²) in [5.74, 6) is -0.296. The molecule has 0 radical (unpaired) electrons. The van der Waals surface area contributed by atoms with Crippen molar-refractivity contribution in [2.45, 2.75) is 18.1 Å². The van der Waals surface area contributed by atoms with E-state index in [1.807, 2.05) is 13.0 Å². The van der Waals surface area contributed by atoms with Crippen LogP contribution in [-0.2, 0) is 14.8 Å². The third-order valence-electron chi connectivity index (χ3n) is 2.30. The molecule has 2 aromatic rings. The largest absolute Gasteiger partial charge is 0.302 e. The molecule has 0 saturated heterocycles. The van der Waals surface area contributed by atoms with Gasteiger partial charge in [0.25, 0.3) is 10.0 Å². The van der Waals surface area contributed by atoms with Gasteiger partial charge in [0, 0.05) is 12.6 Å². The molecule has 0 atom stereocenters. The third kappa shape index (κ3) is 3.55. The minimum Gasteiger partial charge on any atom is -0.302 e. The molecule has 0 aliphatic rings. The second-order valence-corrected chi connectivity index (χ2v) is 7.08. The third-order valence-corrected chi connectivity index (χ3v) is 5.06. The van der Waals surface area contributed by atoms with Crippen molar-refractivity contribution in [1.82, 2.24) is 4.98 Å². The van der Waals surface area contributed by atoms with Crippen molar-refractivity contribution in [2.75, 3.05) is 10.0 Å². The topological polar surface area (TPSA) is 88.2 Å². The molecule has 1 aromatic heterocycles. The summed E-state index contributed by atoms with van der Waals surface area (Å²) in [5.41, 5.74) is 1.44. The highest BCUT2D eigenvalue weighted by Gasteiger charge is 2.18. The van der Waals surface area contributed by atoms with Crippen LogP contribution >= 0.6 is 11.3 Å². The molecule has 0 saturated carbocycles. The number of sulfonamides is 1. The molecular formula is C12H13N3O3S2. The van der Waals surface area contributed by atoms with Crippen LogP contribution in [0.2, 0.25) is 0 Å². The van der Waals surface area contributed by atoms with E-state index in [1.54, 1.807) is 18.2 Å². The number of carbonyl (C=O) groups excluding carboxylic acids is 1. The fourth-order valence-electron chi connectivity index (χ4n) is 1.51. The van der Waals surface area contributed by atoms with Gasteiger partial charge in [-0.1, -0.05) is 23.5 Å². The van der Waals surface area contributed by atoms with Crippen molar-refractivity contribution < 1.29 is 13.2 Å². The number of rotatable bonds is 4. The van der Waals surface area contributed by atoms with Gasteiger partial charge in [0.1, 0.15) is 0 Å². The van der Waals surface area contributed by atoms with Crippen LogP contribution in [0.25, 0.3) is 0 Å². The Bertz CT molecular complexity index is 738. The maximum Gasteiger partial charge on any atom is 0.273 e. The first-order chi connectivity index (χ1) is 9.37. The Balaban J connectivity index is 2.22. The standard InChI is InChI=1S/C12H13N3O3S2/c1-8-4-3-5-10(6-8)15-20(17,18)11-7-13-12(19-11)14-9(2)16/h3-7,15H,1-2H3,(H,13,14,16). The van der Waals surface area contributed by atoms with Gasteiger partial charge in [-0.2, -0.15) is 0 Å². The second-order valence-electron chi connectivity index (χ2n) is 4.14. The van der Waals surface area contributed by atoms with Crippen molar-refractivity contribution in [3.05, 3.63) is 36.0 Å². The quantitative estimate of drug-likeness (QED) is 0.906. The van der Waals surface area contributed by atoms with Crippen LogP contribution in [0, 0.1) is 6.92 Å². The first kappa shape index (κ1) is 14.5. The van der Waals surface area contributed by atoms with Crippen LogP contribution in [-0.4, -0.2) is 19.3 Å². The van der Waals surface area contributed by atoms with Crippen molar-refractivity contribution in [3.8, 4) is 0 Å². The summed E-state index contributed by atoms with van der Waals surface area (Å²) in [6.45, 7) is 3.21. The lowest BCUT2D eigenvalue weighted by Crippen LogP contribution is -2.11. The van der Waals surface area contributed by atoms with E-state index >= 15 is 0 Å². The summed E-state index contributed by atoms with van der Waals surface area (Å²) in [7, 11) is -3.69. The Kier molecular flexibility index (Phi) is 4.05. The molecule has 0 fully saturated rings. The fraction of sp³-hybridized carbons (Fsp3) is 0.167. The van der Waals surface area contributed by atoms with Gasteiger partial charge < -0.3 is 5.32 Å². The van der Waals surface area contributed by atoms with E-state index < -0.39 is 10.0 Å². The van der Waals surface area contributed by atoms with Crippen LogP contribution in [0.5, 0.6) is 0 Å². The molecule has 8 heteroatoms. The number of nitrogens with one attached hydrogen (secondary N) is 2. The van der Waals surface area contributed by atoms with Crippen LogP contribution in [0.15, 0.2) is 34.7 Å². The van der Waals surface area contributed by atoms with Crippen LogP contribution in [0.4, 0.5) is 10.8 Å². The molecule has 0 bridgehead atoms. The average molecular weight is 311 g/mol. The first-order valence-corrected chi connectivity index (χ1v) is 8.00. The predicted molar refractivity (Wildman–Crippen MR) is 78.4 cm³/mol. The van der Waals surface area contributed by atoms with Gasteiger partial charge in [0.2, 0.25) is 5.91 Å². The zero-order valence-corrected chi connectivity index (χ0v) is 12.5. The minimum atomic E-state index is -3.69. The summed E-state index contributed by atoms with van der Waals surface area (Å²) in [6.07, 6.45) is 1.22. The number of aromatic nitrogens is 1. The van der Waals surface area contributed by atoms with Crippen LogP contribution in [0.3, 0.4) is 0 Å². The monoisotopic (exact) mass is 311 g/mol. The highest BCUT2D eigenvalue weighted by molar-refractivity contribution is 7.94. The number of thiazole rings is 1. The van der Waals surface area contributed by atoms with Gasteiger partial charge in [-0.05, 0) is 24.6 Å². The number of nitrogens with zero attached hydrogens (tertiary/aromatic N) is 1. The SMILES string of the molecule is CC(=O)Nc1ncc(S(=O)(=O)Nc2cccc(C)c2)s1. The first-order valence-electron chi connectivity index (χ1n) is 5.70. The van der Waals surface area contributed by atoms with Gasteiger partial charge in [-0.25, -0.2) is 13.4 Å². The van der Waals surface area contributed by atoms with Crippen LogP contribution in [0.1, 0.15) is 12.5 Å². The molecular weight excluding hydrogens is 298 g/mol. The lowest BCUT2D eigenvalue weighted by molar-refractivity contribution is -0.114. The van der Waals surface area contributed by atoms with Crippen molar-refractivity contribution in [3.63, 3.8) is 0 Å². The Morgan fingerprint density at radius 1 is 1.35 bits per heavy atom. The number of carbonyl (C=O) groups is 1. The van der Waals surface area contributed by atoms with E-state index in [4.69, 9.17) is 0 Å². The smallest absolute Gasteiger partial charge is 0.273 e. The van der Waals surface area contributed by atoms with E-state index in [-0.39, 0.29) is 15.2 Å². The van der Waals surface area contributed by atoms with Gasteiger partial charge in [-0.15, -0.1) is 0 Å². The molecule has 0 aliphatic carbocycles. The Hall–Kier alpha value is -1.93. The number of amides is 1. The van der Waals surface area contributed by atoms with Crippen molar-refractivity contribution in [2.24, 2.45) is 0 Å². The molecule has 6 nitrogen and oxygen atoms in total. The second kappa shape index (κ2) is 5.59. The van der Waals surface area contributed by atoms with E-state index in [9.17, 15) is 13.2 Å². The predicted octanol–water partition coefficient (Wildman–Crippen LogP) is 2.21. The number of hydrogen-bond acceptors (Lipinski definition) is 5. The summed E-state index contributed by atoms with van der Waals surface area (Å²) in [5, 5.41) is 2.70. The average Bonchev–Trinajstić information content (AvgIpc) is 2.76. The molecule has 1 heterocycles. The maximum atomic E-state index is 12.2. The van der Waals surface area contributed by atoms with E-state index in [2.05, 4.69) is 15.0 Å². The summed E-state index contributed by atoms with van der Waals surface area (Å²) < 4.78 is 26.8. The van der Waals surface area contributed by atoms with E-state index in [1.165, 1.54) is 13.1 Å². The lowest BCUT2D eigenvalue weighted by Gasteiger charge is -2.06. The van der Waals surface area contributed by atoms with Gasteiger partial charge in [0.15, 0.2) is 9.34 Å². The molecule has 0 spiro atoms. The van der Waals surface area contributed by atoms with Crippen molar-refractivity contribution in [1.29, 1.82) is 0 Å². The minimum absolute atomic E-state index is 0.0442. The Morgan fingerprint density at radius 3 is 2.75 bits per heavy atom. The highest BCUT2D eigenvalue weighted by atomic mass is 32.2. The molecule has 1 amide bonds. The molecule has 2 N–H and O–H groups in total. The lowest BCUT2D eigenvalue weighted by atomic mass is 10.2. The maximum absolute atomic E-state index is 12.2. The molecule has 2 rings (SSSR count). The number of aryl methyl sites for hydroxylation is 1. The Morgan fingerprint density at radius 2 is 2.10 bits per heavy atom. The molecule has 1 aromatic carbocycles. The van der Waals surface area contributed by atoms with Gasteiger partial charge >= 0.3 is 0 Å². The molecule has 0 unspecified atom stereocenters. The molecule has 106 valence electrons. The number of hydrogen-bond donors (Lipinski definition) is 2. The number of benzene rings is 1. The summed E-state index contributed by atoms with van der Waals surface area (Å²) in [6, 6.07) is 7.04. The van der Waals surface area contributed by atoms with Crippen molar-refractivity contribution >= 4 is 38.1 Å². The normalized spacial score (nSPS) is 11.1. The summed E-state index contributed by atoms with van der Waals surface area (Å²) >= 11 is 0.898. The van der Waals surface area contributed by atoms with E-state index in [0.717, 1.165) is 16.9 Å². The zero-order chi connectivity index (χ0) is 14.8. The molecule has 0 aliphatic heterocycles.